The van der Waals surface area contributed by atoms with Crippen LogP contribution in [0.5, 0.6) is 6.01 Å². The summed E-state index contributed by atoms with van der Waals surface area (Å²) in [5, 5.41) is 19.8. The van der Waals surface area contributed by atoms with Crippen molar-refractivity contribution in [3.8, 4) is 17.1 Å². The highest BCUT2D eigenvalue weighted by Crippen LogP contribution is 2.34. The minimum atomic E-state index is -0.997. The van der Waals surface area contributed by atoms with E-state index in [9.17, 15) is 9.90 Å². The summed E-state index contributed by atoms with van der Waals surface area (Å²) >= 11 is 1.60. The van der Waals surface area contributed by atoms with E-state index in [4.69, 9.17) is 9.84 Å². The minimum Gasteiger partial charge on any atom is -0.461 e. The van der Waals surface area contributed by atoms with E-state index in [0.29, 0.717) is 25.2 Å². The lowest BCUT2D eigenvalue weighted by Crippen LogP contribution is -2.54. The molecule has 0 bridgehead atoms. The summed E-state index contributed by atoms with van der Waals surface area (Å²) in [5.41, 5.74) is 2.89. The smallest absolute Gasteiger partial charge is 0.319 e. The predicted molar refractivity (Wildman–Crippen MR) is 150 cm³/mol. The minimum absolute atomic E-state index is 0.0235. The Balaban J connectivity index is 1.33. The standard InChI is InChI=1S/C29H32N4O4S/c1-3-24-15-25-26(30-29(31-27(25)38-24)37-18-23(35)17-34)32-13-14-33(19(2)16-32)28(36)22-11-9-21(10-12-22)20-7-5-4-6-8-20/h4-12,15,19,23,34-35H,3,13-14,16-18H2,1-2H3/t19-,23-/m1/s1. The van der Waals surface area contributed by atoms with E-state index in [0.717, 1.165) is 33.6 Å². The van der Waals surface area contributed by atoms with Crippen molar-refractivity contribution in [1.82, 2.24) is 14.9 Å². The average molecular weight is 533 g/mol. The highest BCUT2D eigenvalue weighted by atomic mass is 32.1. The zero-order chi connectivity index (χ0) is 26.6. The fraction of sp³-hybridized carbons (Fsp3) is 0.345. The number of benzene rings is 2. The molecular weight excluding hydrogens is 500 g/mol. The van der Waals surface area contributed by atoms with Crippen molar-refractivity contribution in [3.63, 3.8) is 0 Å². The van der Waals surface area contributed by atoms with E-state index in [1.807, 2.05) is 47.4 Å². The van der Waals surface area contributed by atoms with Crippen molar-refractivity contribution in [2.75, 3.05) is 37.7 Å². The Labute approximate surface area is 226 Å². The first-order valence-corrected chi connectivity index (χ1v) is 13.7. The van der Waals surface area contributed by atoms with E-state index in [1.165, 1.54) is 4.88 Å². The van der Waals surface area contributed by atoms with Gasteiger partial charge in [0.05, 0.1) is 12.0 Å². The van der Waals surface area contributed by atoms with Crippen LogP contribution in [0.4, 0.5) is 5.82 Å². The molecule has 2 aromatic carbocycles. The van der Waals surface area contributed by atoms with E-state index in [2.05, 4.69) is 46.9 Å². The van der Waals surface area contributed by atoms with Crippen LogP contribution in [-0.2, 0) is 6.42 Å². The van der Waals surface area contributed by atoms with Crippen LogP contribution in [0.1, 0.15) is 29.1 Å². The maximum absolute atomic E-state index is 13.4. The van der Waals surface area contributed by atoms with Gasteiger partial charge in [-0.1, -0.05) is 49.4 Å². The fourth-order valence-corrected chi connectivity index (χ4v) is 5.65. The largest absolute Gasteiger partial charge is 0.461 e. The molecule has 0 unspecified atom stereocenters. The third kappa shape index (κ3) is 5.50. The highest BCUT2D eigenvalue weighted by molar-refractivity contribution is 7.18. The Bertz CT molecular complexity index is 1390. The van der Waals surface area contributed by atoms with E-state index in [-0.39, 0.29) is 24.6 Å². The van der Waals surface area contributed by atoms with Gasteiger partial charge in [-0.2, -0.15) is 9.97 Å². The van der Waals surface area contributed by atoms with Crippen molar-refractivity contribution in [1.29, 1.82) is 0 Å². The van der Waals surface area contributed by atoms with Crippen molar-refractivity contribution >= 4 is 33.3 Å². The summed E-state index contributed by atoms with van der Waals surface area (Å²) in [6, 6.07) is 20.2. The number of carbonyl (C=O) groups is 1. The quantitative estimate of drug-likeness (QED) is 0.354. The van der Waals surface area contributed by atoms with Crippen LogP contribution < -0.4 is 9.64 Å². The molecule has 4 aromatic rings. The summed E-state index contributed by atoms with van der Waals surface area (Å²) in [5.74, 6) is 0.793. The Morgan fingerprint density at radius 1 is 1.11 bits per heavy atom. The number of aryl methyl sites for hydroxylation is 1. The van der Waals surface area contributed by atoms with Crippen LogP contribution >= 0.6 is 11.3 Å². The molecule has 0 radical (unpaired) electrons. The third-order valence-electron chi connectivity index (χ3n) is 6.79. The number of ether oxygens (including phenoxy) is 1. The Morgan fingerprint density at radius 2 is 1.84 bits per heavy atom. The molecule has 1 aliphatic heterocycles. The van der Waals surface area contributed by atoms with Crippen molar-refractivity contribution in [3.05, 3.63) is 71.1 Å². The number of carbonyl (C=O) groups excluding carboxylic acids is 1. The third-order valence-corrected chi connectivity index (χ3v) is 7.97. The summed E-state index contributed by atoms with van der Waals surface area (Å²) in [6.45, 7) is 5.49. The molecule has 1 amide bonds. The maximum Gasteiger partial charge on any atom is 0.319 e. The molecule has 2 atom stereocenters. The molecule has 3 heterocycles. The number of rotatable bonds is 8. The number of anilines is 1. The van der Waals surface area contributed by atoms with Crippen molar-refractivity contribution < 1.29 is 19.7 Å². The van der Waals surface area contributed by atoms with Gasteiger partial charge in [0.2, 0.25) is 0 Å². The van der Waals surface area contributed by atoms with Crippen LogP contribution in [-0.4, -0.2) is 76.0 Å². The number of amides is 1. The molecule has 1 fully saturated rings. The Morgan fingerprint density at radius 3 is 2.53 bits per heavy atom. The van der Waals surface area contributed by atoms with Gasteiger partial charge in [-0.3, -0.25) is 4.79 Å². The lowest BCUT2D eigenvalue weighted by Gasteiger charge is -2.40. The summed E-state index contributed by atoms with van der Waals surface area (Å²) in [7, 11) is 0. The molecule has 0 saturated carbocycles. The monoisotopic (exact) mass is 532 g/mol. The number of fused-ring (bicyclic) bond motifs is 1. The van der Waals surface area contributed by atoms with Gasteiger partial charge in [-0.15, -0.1) is 11.3 Å². The fourth-order valence-electron chi connectivity index (χ4n) is 4.69. The first-order valence-electron chi connectivity index (χ1n) is 12.9. The van der Waals surface area contributed by atoms with E-state index >= 15 is 0 Å². The van der Waals surface area contributed by atoms with Gasteiger partial charge >= 0.3 is 6.01 Å². The number of aromatic nitrogens is 2. The number of hydrogen-bond acceptors (Lipinski definition) is 8. The Hall–Kier alpha value is -3.53. The average Bonchev–Trinajstić information content (AvgIpc) is 3.39. The van der Waals surface area contributed by atoms with Gasteiger partial charge in [0, 0.05) is 36.1 Å². The van der Waals surface area contributed by atoms with Gasteiger partial charge in [0.1, 0.15) is 23.4 Å². The molecule has 2 aromatic heterocycles. The molecule has 1 saturated heterocycles. The molecule has 38 heavy (non-hydrogen) atoms. The second kappa shape index (κ2) is 11.5. The van der Waals surface area contributed by atoms with Crippen molar-refractivity contribution in [2.45, 2.75) is 32.4 Å². The molecule has 1 aliphatic rings. The van der Waals surface area contributed by atoms with Crippen LogP contribution in [0.25, 0.3) is 21.3 Å². The molecule has 0 aliphatic carbocycles. The molecule has 5 rings (SSSR count). The highest BCUT2D eigenvalue weighted by Gasteiger charge is 2.30. The lowest BCUT2D eigenvalue weighted by molar-refractivity contribution is 0.0506. The first kappa shape index (κ1) is 26.1. The maximum atomic E-state index is 13.4. The van der Waals surface area contributed by atoms with Crippen molar-refractivity contribution in [2.24, 2.45) is 0 Å². The molecule has 198 valence electrons. The lowest BCUT2D eigenvalue weighted by atomic mass is 10.0. The number of thiophene rings is 1. The summed E-state index contributed by atoms with van der Waals surface area (Å²) < 4.78 is 5.61. The SMILES string of the molecule is CCc1cc2c(N3CCN(C(=O)c4ccc(-c5ccccc5)cc4)[C@H](C)C3)nc(OC[C@H](O)CO)nc2s1. The summed E-state index contributed by atoms with van der Waals surface area (Å²) in [6.07, 6.45) is -0.106. The van der Waals surface area contributed by atoms with Crippen LogP contribution in [0, 0.1) is 0 Å². The van der Waals surface area contributed by atoms with E-state index in [1.54, 1.807) is 11.3 Å². The van der Waals surface area contributed by atoms with E-state index < -0.39 is 12.7 Å². The van der Waals surface area contributed by atoms with Gasteiger partial charge < -0.3 is 24.7 Å². The zero-order valence-corrected chi connectivity index (χ0v) is 22.4. The van der Waals surface area contributed by atoms with Gasteiger partial charge in [0.25, 0.3) is 5.91 Å². The van der Waals surface area contributed by atoms with Crippen LogP contribution in [0.3, 0.4) is 0 Å². The normalized spacial score (nSPS) is 16.6. The second-order valence-electron chi connectivity index (χ2n) is 9.50. The Kier molecular flexibility index (Phi) is 7.87. The number of aliphatic hydroxyl groups is 2. The first-order chi connectivity index (χ1) is 18.5. The molecule has 2 N–H and O–H groups in total. The molecular formula is C29H32N4O4S. The van der Waals surface area contributed by atoms with Gasteiger partial charge in [0.15, 0.2) is 0 Å². The predicted octanol–water partition coefficient (Wildman–Crippen LogP) is 4.00. The van der Waals surface area contributed by atoms with Gasteiger partial charge in [-0.05, 0) is 42.7 Å². The second-order valence-corrected chi connectivity index (χ2v) is 10.6. The number of aliphatic hydroxyl groups excluding tert-OH is 2. The number of piperazine rings is 1. The molecule has 9 heteroatoms. The summed E-state index contributed by atoms with van der Waals surface area (Å²) in [4.78, 5) is 28.8. The number of hydrogen-bond donors (Lipinski definition) is 2. The van der Waals surface area contributed by atoms with Crippen LogP contribution in [0.15, 0.2) is 60.7 Å². The van der Waals surface area contributed by atoms with Crippen LogP contribution in [0.2, 0.25) is 0 Å². The van der Waals surface area contributed by atoms with Gasteiger partial charge in [-0.25, -0.2) is 0 Å². The molecule has 8 nitrogen and oxygen atoms in total. The molecule has 0 spiro atoms. The topological polar surface area (TPSA) is 99.0 Å². The number of nitrogens with zero attached hydrogens (tertiary/aromatic N) is 4. The zero-order valence-electron chi connectivity index (χ0n) is 21.6.